The van der Waals surface area contributed by atoms with Crippen LogP contribution in [0, 0.1) is 5.92 Å². The maximum absolute atomic E-state index is 12.1. The molecular formula is C29H35N3O6. The van der Waals surface area contributed by atoms with Crippen LogP contribution >= 0.6 is 0 Å². The van der Waals surface area contributed by atoms with Crippen molar-refractivity contribution in [2.45, 2.75) is 63.8 Å². The first-order valence-corrected chi connectivity index (χ1v) is 13.1. The normalized spacial score (nSPS) is 20.4. The predicted molar refractivity (Wildman–Crippen MR) is 142 cm³/mol. The smallest absolute Gasteiger partial charge is 0.379 e. The van der Waals surface area contributed by atoms with Gasteiger partial charge in [-0.1, -0.05) is 31.2 Å². The Balaban J connectivity index is 1.66. The first-order valence-electron chi connectivity index (χ1n) is 13.1. The van der Waals surface area contributed by atoms with Gasteiger partial charge in [0.1, 0.15) is 18.5 Å². The van der Waals surface area contributed by atoms with Crippen LogP contribution in [0.2, 0.25) is 0 Å². The number of hydrogen-bond acceptors (Lipinski definition) is 9. The fraction of sp³-hybridized carbons (Fsp3) is 0.448. The topological polar surface area (TPSA) is 121 Å². The summed E-state index contributed by atoms with van der Waals surface area (Å²) >= 11 is 0. The minimum atomic E-state index is -0.935. The molecule has 0 bridgehead atoms. The summed E-state index contributed by atoms with van der Waals surface area (Å²) in [4.78, 5) is 35.8. The molecule has 3 atom stereocenters. The Labute approximate surface area is 222 Å². The van der Waals surface area contributed by atoms with Crippen LogP contribution < -0.4 is 15.2 Å². The molecule has 2 N–H and O–H groups in total. The fourth-order valence-corrected chi connectivity index (χ4v) is 5.14. The van der Waals surface area contributed by atoms with E-state index in [1.165, 1.54) is 12.1 Å². The van der Waals surface area contributed by atoms with Gasteiger partial charge in [0.05, 0.1) is 26.0 Å². The van der Waals surface area contributed by atoms with E-state index in [4.69, 9.17) is 20.3 Å². The van der Waals surface area contributed by atoms with Gasteiger partial charge in [0.25, 0.3) is 5.78 Å². The standard InChI is InChI=1S/C29H35N3O6/c1-4-18-15-22(17-33)32(28(30)20-11-9-19(10-12-20)27(34)29(35)37-3)31-26(18)21-13-14-24(36-2)25(16-21)38-23-7-5-6-8-23/h9-14,16-18,22-23,28H,4-8,15,30H2,1-3H3. The molecule has 3 unspecified atom stereocenters. The molecule has 0 aromatic heterocycles. The van der Waals surface area contributed by atoms with Crippen LogP contribution in [0.25, 0.3) is 0 Å². The summed E-state index contributed by atoms with van der Waals surface area (Å²) in [5.41, 5.74) is 9.17. The van der Waals surface area contributed by atoms with E-state index in [1.807, 2.05) is 18.2 Å². The first-order chi connectivity index (χ1) is 18.4. The fourth-order valence-electron chi connectivity index (χ4n) is 5.14. The summed E-state index contributed by atoms with van der Waals surface area (Å²) in [6.45, 7) is 2.08. The number of methoxy groups -OCH3 is 2. The van der Waals surface area contributed by atoms with E-state index in [2.05, 4.69) is 11.7 Å². The number of rotatable bonds is 10. The number of carbonyl (C=O) groups is 3. The Morgan fingerprint density at radius 1 is 1.11 bits per heavy atom. The summed E-state index contributed by atoms with van der Waals surface area (Å²) in [7, 11) is 2.79. The SMILES string of the molecule is CCC1CC(C=O)N(C(N)c2ccc(C(=O)C(=O)OC)cc2)N=C1c1ccc(OC)c(OC2CCCC2)c1. The summed E-state index contributed by atoms with van der Waals surface area (Å²) < 4.78 is 16.4. The van der Waals surface area contributed by atoms with Gasteiger partial charge < -0.3 is 24.7 Å². The van der Waals surface area contributed by atoms with Crippen LogP contribution in [0.3, 0.4) is 0 Å². The lowest BCUT2D eigenvalue weighted by Crippen LogP contribution is -2.46. The molecule has 202 valence electrons. The average Bonchev–Trinajstić information content (AvgIpc) is 3.48. The van der Waals surface area contributed by atoms with Crippen LogP contribution in [0.5, 0.6) is 11.5 Å². The van der Waals surface area contributed by atoms with Crippen LogP contribution in [-0.2, 0) is 14.3 Å². The molecule has 0 saturated heterocycles. The summed E-state index contributed by atoms with van der Waals surface area (Å²) in [6.07, 6.45) is 6.06. The van der Waals surface area contributed by atoms with Gasteiger partial charge >= 0.3 is 5.97 Å². The highest BCUT2D eigenvalue weighted by atomic mass is 16.5. The molecule has 1 fully saturated rings. The lowest BCUT2D eigenvalue weighted by Gasteiger charge is -2.38. The molecule has 0 spiro atoms. The second-order valence-electron chi connectivity index (χ2n) is 9.69. The molecule has 9 nitrogen and oxygen atoms in total. The van der Waals surface area contributed by atoms with Crippen LogP contribution in [0.1, 0.15) is 73.1 Å². The molecule has 1 aliphatic carbocycles. The Hall–Kier alpha value is -3.72. The number of hydrazone groups is 1. The third kappa shape index (κ3) is 5.72. The van der Waals surface area contributed by atoms with Crippen molar-refractivity contribution in [2.24, 2.45) is 16.8 Å². The maximum atomic E-state index is 12.1. The Morgan fingerprint density at radius 2 is 1.82 bits per heavy atom. The Morgan fingerprint density at radius 3 is 2.42 bits per heavy atom. The van der Waals surface area contributed by atoms with Crippen molar-refractivity contribution in [1.82, 2.24) is 5.01 Å². The molecule has 38 heavy (non-hydrogen) atoms. The van der Waals surface area contributed by atoms with E-state index in [9.17, 15) is 14.4 Å². The van der Waals surface area contributed by atoms with Crippen molar-refractivity contribution >= 4 is 23.8 Å². The number of carbonyl (C=O) groups excluding carboxylic acids is 3. The highest BCUT2D eigenvalue weighted by molar-refractivity contribution is 6.40. The molecule has 1 heterocycles. The third-order valence-corrected chi connectivity index (χ3v) is 7.35. The predicted octanol–water partition coefficient (Wildman–Crippen LogP) is 4.03. The van der Waals surface area contributed by atoms with Gasteiger partial charge in [0, 0.05) is 17.0 Å². The zero-order valence-electron chi connectivity index (χ0n) is 22.1. The van der Waals surface area contributed by atoms with E-state index in [-0.39, 0.29) is 17.6 Å². The molecule has 2 aromatic carbocycles. The number of aldehydes is 1. The van der Waals surface area contributed by atoms with Gasteiger partial charge in [-0.3, -0.25) is 9.80 Å². The largest absolute Gasteiger partial charge is 0.493 e. The number of esters is 1. The van der Waals surface area contributed by atoms with Crippen molar-refractivity contribution < 1.29 is 28.6 Å². The van der Waals surface area contributed by atoms with E-state index < -0.39 is 24.0 Å². The quantitative estimate of drug-likeness (QED) is 0.215. The van der Waals surface area contributed by atoms with Crippen LogP contribution in [0.4, 0.5) is 0 Å². The number of ketones is 1. The van der Waals surface area contributed by atoms with Gasteiger partial charge in [-0.15, -0.1) is 0 Å². The van der Waals surface area contributed by atoms with Gasteiger partial charge in [0.2, 0.25) is 0 Å². The number of Topliss-reactive ketones (excluding diaryl/α,β-unsaturated/α-hetero) is 1. The number of hydrogen-bond donors (Lipinski definition) is 1. The highest BCUT2D eigenvalue weighted by Gasteiger charge is 2.34. The molecule has 2 aromatic rings. The van der Waals surface area contributed by atoms with Crippen molar-refractivity contribution in [3.8, 4) is 11.5 Å². The summed E-state index contributed by atoms with van der Waals surface area (Å²) in [5.74, 6) is -0.256. The van der Waals surface area contributed by atoms with E-state index in [0.717, 1.165) is 56.8 Å². The second-order valence-corrected chi connectivity index (χ2v) is 9.69. The molecule has 2 aliphatic rings. The van der Waals surface area contributed by atoms with Crippen molar-refractivity contribution in [2.75, 3.05) is 14.2 Å². The molecule has 1 saturated carbocycles. The van der Waals surface area contributed by atoms with Crippen molar-refractivity contribution in [3.05, 3.63) is 59.2 Å². The van der Waals surface area contributed by atoms with Crippen LogP contribution in [-0.4, -0.2) is 55.1 Å². The third-order valence-electron chi connectivity index (χ3n) is 7.35. The lowest BCUT2D eigenvalue weighted by atomic mass is 9.87. The number of benzene rings is 2. The van der Waals surface area contributed by atoms with E-state index in [0.29, 0.717) is 23.5 Å². The van der Waals surface area contributed by atoms with E-state index in [1.54, 1.807) is 24.3 Å². The molecule has 0 radical (unpaired) electrons. The van der Waals surface area contributed by atoms with Crippen LogP contribution in [0.15, 0.2) is 47.6 Å². The summed E-state index contributed by atoms with van der Waals surface area (Å²) in [6, 6.07) is 11.7. The Kier molecular flexibility index (Phi) is 8.78. The average molecular weight is 522 g/mol. The Bertz CT molecular complexity index is 1190. The molecule has 9 heteroatoms. The van der Waals surface area contributed by atoms with Gasteiger partial charge in [-0.2, -0.15) is 5.10 Å². The van der Waals surface area contributed by atoms with Gasteiger partial charge in [-0.25, -0.2) is 4.79 Å². The monoisotopic (exact) mass is 521 g/mol. The summed E-state index contributed by atoms with van der Waals surface area (Å²) in [5, 5.41) is 6.54. The van der Waals surface area contributed by atoms with Crippen molar-refractivity contribution in [3.63, 3.8) is 0 Å². The molecule has 0 amide bonds. The second kappa shape index (κ2) is 12.2. The number of nitrogens with zero attached hydrogens (tertiary/aromatic N) is 2. The number of nitrogens with two attached hydrogens (primary N) is 1. The zero-order valence-corrected chi connectivity index (χ0v) is 22.1. The maximum Gasteiger partial charge on any atom is 0.379 e. The minimum absolute atomic E-state index is 0.0569. The zero-order chi connectivity index (χ0) is 27.2. The molecule has 1 aliphatic heterocycles. The minimum Gasteiger partial charge on any atom is -0.493 e. The van der Waals surface area contributed by atoms with Gasteiger partial charge in [0.15, 0.2) is 11.5 Å². The van der Waals surface area contributed by atoms with Gasteiger partial charge in [-0.05, 0) is 62.3 Å². The highest BCUT2D eigenvalue weighted by Crippen LogP contribution is 2.36. The lowest BCUT2D eigenvalue weighted by molar-refractivity contribution is -0.135. The molecule has 4 rings (SSSR count). The van der Waals surface area contributed by atoms with E-state index >= 15 is 0 Å². The molecular weight excluding hydrogens is 486 g/mol. The number of ether oxygens (including phenoxy) is 3. The first kappa shape index (κ1) is 27.3. The van der Waals surface area contributed by atoms with Crippen molar-refractivity contribution in [1.29, 1.82) is 0 Å².